The van der Waals surface area contributed by atoms with Crippen LogP contribution in [0.2, 0.25) is 0 Å². The molecule has 0 radical (unpaired) electrons. The van der Waals surface area contributed by atoms with Crippen LogP contribution in [0.1, 0.15) is 31.4 Å². The van der Waals surface area contributed by atoms with E-state index in [4.69, 9.17) is 4.74 Å². The summed E-state index contributed by atoms with van der Waals surface area (Å²) in [4.78, 5) is 26.8. The number of halogens is 2. The van der Waals surface area contributed by atoms with Crippen molar-refractivity contribution in [2.75, 3.05) is 26.2 Å². The van der Waals surface area contributed by atoms with Crippen molar-refractivity contribution in [1.82, 2.24) is 15.1 Å². The number of amides is 2. The highest BCUT2D eigenvalue weighted by molar-refractivity contribution is 5.78. The van der Waals surface area contributed by atoms with Gasteiger partial charge in [0.05, 0.1) is 25.7 Å². The second-order valence-electron chi connectivity index (χ2n) is 9.20. The number of nitrogens with one attached hydrogen (secondary N) is 1. The third kappa shape index (κ3) is 7.92. The van der Waals surface area contributed by atoms with Crippen LogP contribution in [0.25, 0.3) is 0 Å². The van der Waals surface area contributed by atoms with Gasteiger partial charge < -0.3 is 25.0 Å². The van der Waals surface area contributed by atoms with E-state index in [1.807, 2.05) is 24.3 Å². The zero-order valence-corrected chi connectivity index (χ0v) is 20.1. The molecule has 0 saturated carbocycles. The Labute approximate surface area is 204 Å². The molecule has 1 heterocycles. The summed E-state index contributed by atoms with van der Waals surface area (Å²) in [7, 11) is 0. The van der Waals surface area contributed by atoms with Gasteiger partial charge in [-0.1, -0.05) is 38.1 Å². The fourth-order valence-electron chi connectivity index (χ4n) is 3.98. The van der Waals surface area contributed by atoms with Gasteiger partial charge in [-0.2, -0.15) is 0 Å². The van der Waals surface area contributed by atoms with E-state index in [1.54, 1.807) is 12.1 Å². The maximum Gasteiger partial charge on any atom is 0.407 e. The summed E-state index contributed by atoms with van der Waals surface area (Å²) in [6, 6.07) is 12.6. The predicted molar refractivity (Wildman–Crippen MR) is 128 cm³/mol. The summed E-state index contributed by atoms with van der Waals surface area (Å²) in [5, 5.41) is 12.3. The second kappa shape index (κ2) is 12.5. The van der Waals surface area contributed by atoms with Gasteiger partial charge in [0.25, 0.3) is 0 Å². The van der Waals surface area contributed by atoms with Crippen molar-refractivity contribution in [2.24, 2.45) is 5.92 Å². The fourth-order valence-corrected chi connectivity index (χ4v) is 3.98. The van der Waals surface area contributed by atoms with Crippen LogP contribution in [-0.4, -0.2) is 65.4 Å². The molecule has 2 aromatic rings. The molecule has 2 amide bonds. The summed E-state index contributed by atoms with van der Waals surface area (Å²) in [5.41, 5.74) is 1.64. The first-order chi connectivity index (χ1) is 16.7. The van der Waals surface area contributed by atoms with Crippen LogP contribution < -0.4 is 10.1 Å². The molecule has 1 aliphatic rings. The van der Waals surface area contributed by atoms with Crippen molar-refractivity contribution in [3.05, 3.63) is 65.5 Å². The number of carbonyl (C=O) groups is 2. The van der Waals surface area contributed by atoms with Crippen molar-refractivity contribution >= 4 is 12.0 Å². The van der Waals surface area contributed by atoms with Gasteiger partial charge >= 0.3 is 6.09 Å². The van der Waals surface area contributed by atoms with Crippen LogP contribution in [-0.2, 0) is 17.9 Å². The number of likely N-dealkylation sites (tertiary alicyclic amines) is 1. The molecular weight excluding hydrogens is 456 g/mol. The van der Waals surface area contributed by atoms with E-state index in [9.17, 15) is 23.5 Å². The van der Waals surface area contributed by atoms with E-state index in [0.29, 0.717) is 24.6 Å². The minimum atomic E-state index is -1.51. The van der Waals surface area contributed by atoms with Crippen LogP contribution in [0.5, 0.6) is 5.75 Å². The Morgan fingerprint density at radius 3 is 2.40 bits per heavy atom. The SMILES string of the molecule is CC(C)COc1ccc(CNCC(=O)N(Cc2ccc(F)cc2)[C@@H]2CCN(C(=O)O)C[C@@H]2F)cc1. The Morgan fingerprint density at radius 1 is 1.14 bits per heavy atom. The largest absolute Gasteiger partial charge is 0.493 e. The van der Waals surface area contributed by atoms with Gasteiger partial charge in [0.1, 0.15) is 17.7 Å². The number of piperidine rings is 1. The van der Waals surface area contributed by atoms with Gasteiger partial charge in [0, 0.05) is 19.6 Å². The maximum atomic E-state index is 15.0. The van der Waals surface area contributed by atoms with Crippen LogP contribution in [0.15, 0.2) is 48.5 Å². The Bertz CT molecular complexity index is 970. The number of nitrogens with zero attached hydrogens (tertiary/aromatic N) is 2. The van der Waals surface area contributed by atoms with Crippen molar-refractivity contribution in [3.63, 3.8) is 0 Å². The summed E-state index contributed by atoms with van der Waals surface area (Å²) < 4.78 is 34.0. The highest BCUT2D eigenvalue weighted by atomic mass is 19.1. The van der Waals surface area contributed by atoms with Crippen LogP contribution in [0.4, 0.5) is 13.6 Å². The molecule has 35 heavy (non-hydrogen) atoms. The zero-order chi connectivity index (χ0) is 25.4. The van der Waals surface area contributed by atoms with E-state index in [-0.39, 0.29) is 38.5 Å². The first-order valence-corrected chi connectivity index (χ1v) is 11.8. The summed E-state index contributed by atoms with van der Waals surface area (Å²) in [6.45, 7) is 5.19. The topological polar surface area (TPSA) is 82.1 Å². The van der Waals surface area contributed by atoms with Crippen molar-refractivity contribution in [2.45, 2.75) is 45.6 Å². The fraction of sp³-hybridized carbons (Fsp3) is 0.462. The number of hydrogen-bond donors (Lipinski definition) is 2. The van der Waals surface area contributed by atoms with E-state index < -0.39 is 24.1 Å². The molecule has 1 aliphatic heterocycles. The molecule has 1 saturated heterocycles. The molecule has 0 spiro atoms. The lowest BCUT2D eigenvalue weighted by Gasteiger charge is -2.40. The molecule has 9 heteroatoms. The van der Waals surface area contributed by atoms with E-state index in [0.717, 1.165) is 16.2 Å². The van der Waals surface area contributed by atoms with Crippen LogP contribution in [0.3, 0.4) is 0 Å². The van der Waals surface area contributed by atoms with Gasteiger partial charge in [-0.3, -0.25) is 4.79 Å². The Balaban J connectivity index is 1.61. The molecule has 7 nitrogen and oxygen atoms in total. The summed E-state index contributed by atoms with van der Waals surface area (Å²) in [6.07, 6.45) is -2.49. The Kier molecular flexibility index (Phi) is 9.42. The normalized spacial score (nSPS) is 17.9. The lowest BCUT2D eigenvalue weighted by Crippen LogP contribution is -2.56. The highest BCUT2D eigenvalue weighted by Gasteiger charge is 2.37. The molecular formula is C26H33F2N3O4. The molecule has 1 fully saturated rings. The van der Waals surface area contributed by atoms with Gasteiger partial charge in [-0.25, -0.2) is 13.6 Å². The minimum Gasteiger partial charge on any atom is -0.493 e. The molecule has 0 bridgehead atoms. The number of alkyl halides is 1. The molecule has 0 aliphatic carbocycles. The average molecular weight is 490 g/mol. The molecule has 0 aromatic heterocycles. The lowest BCUT2D eigenvalue weighted by atomic mass is 10.00. The summed E-state index contributed by atoms with van der Waals surface area (Å²) in [5.74, 6) is 0.515. The minimum absolute atomic E-state index is 0.0152. The average Bonchev–Trinajstić information content (AvgIpc) is 2.83. The van der Waals surface area contributed by atoms with Gasteiger partial charge in [0.2, 0.25) is 5.91 Å². The van der Waals surface area contributed by atoms with E-state index in [2.05, 4.69) is 19.2 Å². The molecule has 0 unspecified atom stereocenters. The maximum absolute atomic E-state index is 15.0. The number of carbonyl (C=O) groups excluding carboxylic acids is 1. The number of hydrogen-bond acceptors (Lipinski definition) is 4. The smallest absolute Gasteiger partial charge is 0.407 e. The lowest BCUT2D eigenvalue weighted by molar-refractivity contribution is -0.136. The first-order valence-electron chi connectivity index (χ1n) is 11.8. The second-order valence-corrected chi connectivity index (χ2v) is 9.20. The third-order valence-corrected chi connectivity index (χ3v) is 5.88. The van der Waals surface area contributed by atoms with E-state index in [1.165, 1.54) is 17.0 Å². The van der Waals surface area contributed by atoms with Crippen molar-refractivity contribution in [1.29, 1.82) is 0 Å². The number of benzene rings is 2. The van der Waals surface area contributed by atoms with Crippen LogP contribution >= 0.6 is 0 Å². The van der Waals surface area contributed by atoms with Gasteiger partial charge in [-0.15, -0.1) is 0 Å². The molecule has 2 aromatic carbocycles. The van der Waals surface area contributed by atoms with Crippen molar-refractivity contribution < 1.29 is 28.2 Å². The Hall–Kier alpha value is -3.20. The monoisotopic (exact) mass is 489 g/mol. The standard InChI is InChI=1S/C26H33F2N3O4/c1-18(2)17-35-22-9-5-19(6-10-22)13-29-14-25(32)31(15-20-3-7-21(27)8-4-20)24-11-12-30(26(33)34)16-23(24)28/h3-10,18,23-24,29H,11-17H2,1-2H3,(H,33,34)/t23-,24+/m0/s1. The quantitative estimate of drug-likeness (QED) is 0.526. The predicted octanol–water partition coefficient (Wildman–Crippen LogP) is 4.07. The number of ether oxygens (including phenoxy) is 1. The molecule has 2 atom stereocenters. The molecule has 3 rings (SSSR count). The number of carboxylic acid groups (broad SMARTS) is 1. The van der Waals surface area contributed by atoms with E-state index >= 15 is 0 Å². The highest BCUT2D eigenvalue weighted by Crippen LogP contribution is 2.22. The molecule has 190 valence electrons. The first kappa shape index (κ1) is 26.4. The molecule has 2 N–H and O–H groups in total. The van der Waals surface area contributed by atoms with Crippen LogP contribution in [0, 0.1) is 11.7 Å². The zero-order valence-electron chi connectivity index (χ0n) is 20.1. The van der Waals surface area contributed by atoms with Gasteiger partial charge in [0.15, 0.2) is 0 Å². The third-order valence-electron chi connectivity index (χ3n) is 5.88. The van der Waals surface area contributed by atoms with Crippen molar-refractivity contribution in [3.8, 4) is 5.75 Å². The summed E-state index contributed by atoms with van der Waals surface area (Å²) >= 11 is 0. The van der Waals surface area contributed by atoms with Gasteiger partial charge in [-0.05, 0) is 47.7 Å². The Morgan fingerprint density at radius 2 is 1.80 bits per heavy atom. The number of rotatable bonds is 10.